The molecule has 0 atom stereocenters. The Balaban J connectivity index is 1.77. The van der Waals surface area contributed by atoms with Gasteiger partial charge in [-0.1, -0.05) is 0 Å². The Morgan fingerprint density at radius 1 is 1.27 bits per heavy atom. The van der Waals surface area contributed by atoms with Crippen molar-refractivity contribution >= 4 is 5.96 Å². The molecule has 1 aromatic carbocycles. The van der Waals surface area contributed by atoms with Crippen molar-refractivity contribution in [3.8, 4) is 5.75 Å². The van der Waals surface area contributed by atoms with Crippen LogP contribution >= 0.6 is 0 Å². The van der Waals surface area contributed by atoms with Crippen LogP contribution in [0.1, 0.15) is 25.3 Å². The molecule has 1 aliphatic rings. The van der Waals surface area contributed by atoms with Crippen LogP contribution in [0.4, 0.5) is 13.2 Å². The van der Waals surface area contributed by atoms with Gasteiger partial charge in [0.05, 0.1) is 12.1 Å². The normalized spacial score (nSPS) is 15.5. The number of hydrogen-bond acceptors (Lipinski definition) is 2. The molecule has 0 heterocycles. The zero-order valence-electron chi connectivity index (χ0n) is 12.4. The molecule has 0 spiro atoms. The highest BCUT2D eigenvalue weighted by atomic mass is 19.4. The van der Waals surface area contributed by atoms with E-state index in [1.54, 1.807) is 0 Å². The third kappa shape index (κ3) is 5.46. The second kappa shape index (κ2) is 7.38. The Bertz CT molecular complexity index is 496. The van der Waals surface area contributed by atoms with Gasteiger partial charge < -0.3 is 15.4 Å². The molecule has 1 saturated carbocycles. The number of alkyl halides is 3. The van der Waals surface area contributed by atoms with E-state index in [9.17, 15) is 13.2 Å². The van der Waals surface area contributed by atoms with Gasteiger partial charge in [0.1, 0.15) is 12.4 Å². The molecular weight excluding hydrogens is 295 g/mol. The molecule has 7 heteroatoms. The summed E-state index contributed by atoms with van der Waals surface area (Å²) in [5, 5.41) is 6.41. The number of nitrogens with one attached hydrogen (secondary N) is 2. The van der Waals surface area contributed by atoms with Gasteiger partial charge in [-0.15, -0.1) is 0 Å². The van der Waals surface area contributed by atoms with Gasteiger partial charge in [-0.2, -0.15) is 13.2 Å². The predicted molar refractivity (Wildman–Crippen MR) is 79.1 cm³/mol. The van der Waals surface area contributed by atoms with Gasteiger partial charge in [0.25, 0.3) is 0 Å². The molecule has 1 aromatic rings. The summed E-state index contributed by atoms with van der Waals surface area (Å²) in [6.07, 6.45) is -2.00. The summed E-state index contributed by atoms with van der Waals surface area (Å²) in [5.41, 5.74) is -0.680. The summed E-state index contributed by atoms with van der Waals surface area (Å²) in [7, 11) is 0. The topological polar surface area (TPSA) is 45.7 Å². The quantitative estimate of drug-likeness (QED) is 0.482. The summed E-state index contributed by atoms with van der Waals surface area (Å²) in [4.78, 5) is 4.35. The van der Waals surface area contributed by atoms with E-state index in [2.05, 4.69) is 15.6 Å². The van der Waals surface area contributed by atoms with E-state index in [-0.39, 0.29) is 0 Å². The molecule has 4 nitrogen and oxygen atoms in total. The van der Waals surface area contributed by atoms with Gasteiger partial charge in [-0.25, -0.2) is 4.99 Å². The molecule has 2 N–H and O–H groups in total. The number of rotatable bonds is 6. The number of ether oxygens (including phenoxy) is 1. The maximum atomic E-state index is 12.4. The first-order valence-corrected chi connectivity index (χ1v) is 7.34. The van der Waals surface area contributed by atoms with Gasteiger partial charge in [0.15, 0.2) is 5.96 Å². The maximum Gasteiger partial charge on any atom is 0.416 e. The summed E-state index contributed by atoms with van der Waals surface area (Å²) in [6, 6.07) is 5.17. The fraction of sp³-hybridized carbons (Fsp3) is 0.533. The van der Waals surface area contributed by atoms with Crippen molar-refractivity contribution in [1.29, 1.82) is 0 Å². The van der Waals surface area contributed by atoms with Crippen LogP contribution in [0.25, 0.3) is 0 Å². The number of benzene rings is 1. The lowest BCUT2D eigenvalue weighted by Crippen LogP contribution is -2.38. The SMILES string of the molecule is CCNC(=NCCOc1ccc(C(F)(F)F)cc1)NC1CC1. The molecule has 0 unspecified atom stereocenters. The van der Waals surface area contributed by atoms with Gasteiger partial charge in [0.2, 0.25) is 0 Å². The lowest BCUT2D eigenvalue weighted by Gasteiger charge is -2.11. The molecule has 0 saturated heterocycles. The van der Waals surface area contributed by atoms with Crippen molar-refractivity contribution in [2.75, 3.05) is 19.7 Å². The number of guanidine groups is 1. The van der Waals surface area contributed by atoms with E-state index in [0.29, 0.717) is 24.9 Å². The zero-order chi connectivity index (χ0) is 16.0. The van der Waals surface area contributed by atoms with E-state index in [0.717, 1.165) is 37.5 Å². The molecule has 0 radical (unpaired) electrons. The molecule has 0 aromatic heterocycles. The molecule has 1 aliphatic carbocycles. The van der Waals surface area contributed by atoms with Crippen LogP contribution in [0, 0.1) is 0 Å². The summed E-state index contributed by atoms with van der Waals surface area (Å²) < 4.78 is 42.7. The fourth-order valence-electron chi connectivity index (χ4n) is 1.80. The molecule has 2 rings (SSSR count). The second-order valence-electron chi connectivity index (χ2n) is 5.05. The van der Waals surface area contributed by atoms with Crippen molar-refractivity contribution < 1.29 is 17.9 Å². The molecule has 22 heavy (non-hydrogen) atoms. The first-order valence-electron chi connectivity index (χ1n) is 7.34. The Morgan fingerprint density at radius 3 is 2.50 bits per heavy atom. The zero-order valence-corrected chi connectivity index (χ0v) is 12.4. The van der Waals surface area contributed by atoms with Crippen LogP contribution in [0.3, 0.4) is 0 Å². The van der Waals surface area contributed by atoms with E-state index < -0.39 is 11.7 Å². The Hall–Kier alpha value is -1.92. The fourth-order valence-corrected chi connectivity index (χ4v) is 1.80. The maximum absolute atomic E-state index is 12.4. The predicted octanol–water partition coefficient (Wildman–Crippen LogP) is 2.80. The smallest absolute Gasteiger partial charge is 0.416 e. The minimum absolute atomic E-state index is 0.312. The first-order chi connectivity index (χ1) is 10.5. The number of nitrogens with zero attached hydrogens (tertiary/aromatic N) is 1. The number of aliphatic imine (C=N–C) groups is 1. The molecular formula is C15H20F3N3O. The minimum Gasteiger partial charge on any atom is -0.492 e. The molecule has 0 amide bonds. The van der Waals surface area contributed by atoms with Crippen LogP contribution in [0.15, 0.2) is 29.3 Å². The van der Waals surface area contributed by atoms with Crippen molar-refractivity contribution in [2.45, 2.75) is 32.0 Å². The van der Waals surface area contributed by atoms with Crippen LogP contribution in [0.5, 0.6) is 5.75 Å². The molecule has 0 bridgehead atoms. The Morgan fingerprint density at radius 2 is 1.95 bits per heavy atom. The second-order valence-corrected chi connectivity index (χ2v) is 5.05. The largest absolute Gasteiger partial charge is 0.492 e. The average molecular weight is 315 g/mol. The third-order valence-electron chi connectivity index (χ3n) is 3.07. The van der Waals surface area contributed by atoms with E-state index in [4.69, 9.17) is 4.74 Å². The molecule has 0 aliphatic heterocycles. The lowest BCUT2D eigenvalue weighted by molar-refractivity contribution is -0.137. The average Bonchev–Trinajstić information content (AvgIpc) is 3.27. The van der Waals surface area contributed by atoms with Gasteiger partial charge in [-0.05, 0) is 44.0 Å². The van der Waals surface area contributed by atoms with Gasteiger partial charge in [0, 0.05) is 12.6 Å². The Kier molecular flexibility index (Phi) is 5.51. The molecule has 1 fully saturated rings. The summed E-state index contributed by atoms with van der Waals surface area (Å²) >= 11 is 0. The van der Waals surface area contributed by atoms with Gasteiger partial charge >= 0.3 is 6.18 Å². The van der Waals surface area contributed by atoms with Gasteiger partial charge in [-0.3, -0.25) is 0 Å². The Labute approximate surface area is 127 Å². The standard InChI is InChI=1S/C15H20F3N3O/c1-2-19-14(21-12-5-6-12)20-9-10-22-13-7-3-11(4-8-13)15(16,17)18/h3-4,7-8,12H,2,5-6,9-10H2,1H3,(H2,19,20,21). The first kappa shape index (κ1) is 16.5. The van der Waals surface area contributed by atoms with Crippen LogP contribution in [0.2, 0.25) is 0 Å². The summed E-state index contributed by atoms with van der Waals surface area (Å²) in [5.74, 6) is 1.16. The highest BCUT2D eigenvalue weighted by Crippen LogP contribution is 2.30. The van der Waals surface area contributed by atoms with Crippen LogP contribution in [-0.2, 0) is 6.18 Å². The summed E-state index contributed by atoms with van der Waals surface area (Å²) in [6.45, 7) is 3.51. The van der Waals surface area contributed by atoms with Crippen molar-refractivity contribution in [3.63, 3.8) is 0 Å². The van der Waals surface area contributed by atoms with Crippen LogP contribution < -0.4 is 15.4 Å². The lowest BCUT2D eigenvalue weighted by atomic mass is 10.2. The van der Waals surface area contributed by atoms with Crippen molar-refractivity contribution in [1.82, 2.24) is 10.6 Å². The minimum atomic E-state index is -4.32. The monoisotopic (exact) mass is 315 g/mol. The highest BCUT2D eigenvalue weighted by Gasteiger charge is 2.30. The number of halogens is 3. The number of hydrogen-bond donors (Lipinski definition) is 2. The van der Waals surface area contributed by atoms with E-state index >= 15 is 0 Å². The highest BCUT2D eigenvalue weighted by molar-refractivity contribution is 5.80. The van der Waals surface area contributed by atoms with Crippen molar-refractivity contribution in [3.05, 3.63) is 29.8 Å². The molecule has 122 valence electrons. The van der Waals surface area contributed by atoms with E-state index in [1.807, 2.05) is 6.92 Å². The van der Waals surface area contributed by atoms with Crippen LogP contribution in [-0.4, -0.2) is 31.7 Å². The van der Waals surface area contributed by atoms with Crippen molar-refractivity contribution in [2.24, 2.45) is 4.99 Å². The third-order valence-corrected chi connectivity index (χ3v) is 3.07. The van der Waals surface area contributed by atoms with E-state index in [1.165, 1.54) is 12.1 Å².